The van der Waals surface area contributed by atoms with E-state index in [9.17, 15) is 0 Å². The number of benzene rings is 1. The number of aliphatic imine (C=N–C) groups is 1. The molecule has 1 aromatic rings. The van der Waals surface area contributed by atoms with Crippen LogP contribution in [0.2, 0.25) is 0 Å². The zero-order valence-electron chi connectivity index (χ0n) is 13.1. The molecule has 112 valence electrons. The highest BCUT2D eigenvalue weighted by molar-refractivity contribution is 5.92. The summed E-state index contributed by atoms with van der Waals surface area (Å²) in [5.74, 6) is 0.462. The van der Waals surface area contributed by atoms with Gasteiger partial charge in [-0.2, -0.15) is 0 Å². The quantitative estimate of drug-likeness (QED) is 0.595. The van der Waals surface area contributed by atoms with Crippen molar-refractivity contribution in [2.45, 2.75) is 33.6 Å². The van der Waals surface area contributed by atoms with Crippen LogP contribution in [0.1, 0.15) is 32.8 Å². The van der Waals surface area contributed by atoms with E-state index in [-0.39, 0.29) is 5.41 Å². The van der Waals surface area contributed by atoms with Gasteiger partial charge >= 0.3 is 0 Å². The van der Waals surface area contributed by atoms with Gasteiger partial charge in [0.25, 0.3) is 0 Å². The maximum atomic E-state index is 5.94. The van der Waals surface area contributed by atoms with Crippen LogP contribution in [0.25, 0.3) is 0 Å². The Hall–Kier alpha value is -1.55. The van der Waals surface area contributed by atoms with Gasteiger partial charge in [0.1, 0.15) is 0 Å². The highest BCUT2D eigenvalue weighted by atomic mass is 16.5. The van der Waals surface area contributed by atoms with Crippen molar-refractivity contribution in [1.29, 1.82) is 0 Å². The van der Waals surface area contributed by atoms with Crippen molar-refractivity contribution >= 4 is 11.6 Å². The van der Waals surface area contributed by atoms with E-state index in [4.69, 9.17) is 10.5 Å². The fraction of sp³-hybridized carbons (Fsp3) is 0.562. The van der Waals surface area contributed by atoms with Gasteiger partial charge in [-0.3, -0.25) is 4.99 Å². The Morgan fingerprint density at radius 2 is 2.15 bits per heavy atom. The lowest BCUT2D eigenvalue weighted by Gasteiger charge is -2.22. The van der Waals surface area contributed by atoms with E-state index in [0.717, 1.165) is 25.1 Å². The summed E-state index contributed by atoms with van der Waals surface area (Å²) in [6.45, 7) is 7.90. The van der Waals surface area contributed by atoms with Gasteiger partial charge in [-0.05, 0) is 36.0 Å². The molecule has 0 aromatic heterocycles. The van der Waals surface area contributed by atoms with E-state index in [2.05, 4.69) is 43.2 Å². The lowest BCUT2D eigenvalue weighted by atomic mass is 9.90. The second-order valence-corrected chi connectivity index (χ2v) is 5.79. The van der Waals surface area contributed by atoms with Crippen LogP contribution in [0.3, 0.4) is 0 Å². The number of nitrogens with two attached hydrogens (primary N) is 1. The Bertz CT molecular complexity index is 441. The van der Waals surface area contributed by atoms with Crippen molar-refractivity contribution in [3.63, 3.8) is 0 Å². The predicted octanol–water partition coefficient (Wildman–Crippen LogP) is 3.04. The summed E-state index contributed by atoms with van der Waals surface area (Å²) in [4.78, 5) is 4.43. The van der Waals surface area contributed by atoms with Crippen LogP contribution in [0.15, 0.2) is 29.3 Å². The van der Waals surface area contributed by atoms with Crippen molar-refractivity contribution in [3.8, 4) is 0 Å². The van der Waals surface area contributed by atoms with E-state index in [1.54, 1.807) is 7.11 Å². The number of methoxy groups -OCH3 is 1. The first-order valence-corrected chi connectivity index (χ1v) is 7.11. The third-order valence-electron chi connectivity index (χ3n) is 3.27. The van der Waals surface area contributed by atoms with Gasteiger partial charge in [-0.1, -0.05) is 32.9 Å². The molecule has 0 aliphatic carbocycles. The van der Waals surface area contributed by atoms with Gasteiger partial charge in [0, 0.05) is 25.9 Å². The molecule has 0 amide bonds. The zero-order chi connectivity index (χ0) is 15.0. The van der Waals surface area contributed by atoms with Gasteiger partial charge in [-0.25, -0.2) is 0 Å². The largest absolute Gasteiger partial charge is 0.385 e. The van der Waals surface area contributed by atoms with E-state index in [1.165, 1.54) is 5.56 Å². The smallest absolute Gasteiger partial charge is 0.193 e. The first kappa shape index (κ1) is 16.5. The Labute approximate surface area is 122 Å². The summed E-state index contributed by atoms with van der Waals surface area (Å²) in [6.07, 6.45) is 1.97. The van der Waals surface area contributed by atoms with Gasteiger partial charge < -0.3 is 15.8 Å². The molecule has 0 atom stereocenters. The molecule has 0 spiro atoms. The third kappa shape index (κ3) is 6.06. The monoisotopic (exact) mass is 277 g/mol. The van der Waals surface area contributed by atoms with Crippen molar-refractivity contribution in [2.75, 3.05) is 25.6 Å². The van der Waals surface area contributed by atoms with Gasteiger partial charge in [-0.15, -0.1) is 0 Å². The van der Waals surface area contributed by atoms with Crippen LogP contribution in [-0.4, -0.2) is 26.2 Å². The molecule has 0 aliphatic rings. The molecule has 0 saturated heterocycles. The second-order valence-electron chi connectivity index (χ2n) is 5.79. The van der Waals surface area contributed by atoms with Crippen LogP contribution >= 0.6 is 0 Å². The minimum absolute atomic E-state index is 0.0908. The van der Waals surface area contributed by atoms with E-state index >= 15 is 0 Å². The normalized spacial score (nSPS) is 12.5. The summed E-state index contributed by atoms with van der Waals surface area (Å²) in [7, 11) is 1.72. The number of hydrogen-bond acceptors (Lipinski definition) is 2. The lowest BCUT2D eigenvalue weighted by Crippen LogP contribution is -2.26. The summed E-state index contributed by atoms with van der Waals surface area (Å²) < 4.78 is 5.11. The molecule has 4 nitrogen and oxygen atoms in total. The Kier molecular flexibility index (Phi) is 6.52. The zero-order valence-corrected chi connectivity index (χ0v) is 13.1. The minimum atomic E-state index is 0.0908. The third-order valence-corrected chi connectivity index (χ3v) is 3.27. The maximum absolute atomic E-state index is 5.94. The Morgan fingerprint density at radius 3 is 2.80 bits per heavy atom. The first-order valence-electron chi connectivity index (χ1n) is 7.11. The molecule has 3 N–H and O–H groups in total. The molecule has 0 saturated carbocycles. The van der Waals surface area contributed by atoms with Crippen LogP contribution in [0.5, 0.6) is 0 Å². The number of nitrogens with zero attached hydrogens (tertiary/aromatic N) is 1. The molecule has 0 heterocycles. The molecule has 0 bridgehead atoms. The summed E-state index contributed by atoms with van der Waals surface area (Å²) in [6, 6.07) is 8.22. The second kappa shape index (κ2) is 7.90. The van der Waals surface area contributed by atoms with E-state index < -0.39 is 0 Å². The molecule has 4 heteroatoms. The SMILES string of the molecule is CCc1cccc(NC(N)=NCC(C)(C)CCOC)c1. The number of hydrogen-bond donors (Lipinski definition) is 2. The maximum Gasteiger partial charge on any atom is 0.193 e. The molecular weight excluding hydrogens is 250 g/mol. The van der Waals surface area contributed by atoms with Crippen molar-refractivity contribution < 1.29 is 4.74 Å². The number of ether oxygens (including phenoxy) is 1. The average Bonchev–Trinajstić information content (AvgIpc) is 2.43. The van der Waals surface area contributed by atoms with E-state index in [0.29, 0.717) is 12.5 Å². The Morgan fingerprint density at radius 1 is 1.40 bits per heavy atom. The fourth-order valence-electron chi connectivity index (χ4n) is 1.81. The molecule has 20 heavy (non-hydrogen) atoms. The van der Waals surface area contributed by atoms with Gasteiger partial charge in [0.2, 0.25) is 0 Å². The van der Waals surface area contributed by atoms with Crippen molar-refractivity contribution in [3.05, 3.63) is 29.8 Å². The molecule has 0 radical (unpaired) electrons. The highest BCUT2D eigenvalue weighted by Gasteiger charge is 2.16. The minimum Gasteiger partial charge on any atom is -0.385 e. The number of rotatable bonds is 7. The molecule has 0 aliphatic heterocycles. The van der Waals surface area contributed by atoms with Gasteiger partial charge in [0.15, 0.2) is 5.96 Å². The topological polar surface area (TPSA) is 59.6 Å². The summed E-state index contributed by atoms with van der Waals surface area (Å²) in [5, 5.41) is 3.14. The molecule has 0 unspecified atom stereocenters. The van der Waals surface area contributed by atoms with Crippen LogP contribution < -0.4 is 11.1 Å². The van der Waals surface area contributed by atoms with Crippen molar-refractivity contribution in [2.24, 2.45) is 16.1 Å². The number of aryl methyl sites for hydroxylation is 1. The lowest BCUT2D eigenvalue weighted by molar-refractivity contribution is 0.155. The number of anilines is 1. The number of guanidine groups is 1. The standard InChI is InChI=1S/C16H27N3O/c1-5-13-7-6-8-14(11-13)19-15(17)18-12-16(2,3)9-10-20-4/h6-8,11H,5,9-10,12H2,1-4H3,(H3,17,18,19). The first-order chi connectivity index (χ1) is 9.46. The summed E-state index contributed by atoms with van der Waals surface area (Å²) >= 11 is 0. The average molecular weight is 277 g/mol. The molecule has 1 rings (SSSR count). The van der Waals surface area contributed by atoms with Crippen LogP contribution in [-0.2, 0) is 11.2 Å². The van der Waals surface area contributed by atoms with Crippen molar-refractivity contribution in [1.82, 2.24) is 0 Å². The predicted molar refractivity (Wildman–Crippen MR) is 86.2 cm³/mol. The highest BCUT2D eigenvalue weighted by Crippen LogP contribution is 2.20. The van der Waals surface area contributed by atoms with Crippen LogP contribution in [0, 0.1) is 5.41 Å². The Balaban J connectivity index is 2.56. The van der Waals surface area contributed by atoms with E-state index in [1.807, 2.05) is 12.1 Å². The summed E-state index contributed by atoms with van der Waals surface area (Å²) in [5.41, 5.74) is 8.30. The molecule has 1 aromatic carbocycles. The fourth-order valence-corrected chi connectivity index (χ4v) is 1.81. The van der Waals surface area contributed by atoms with Gasteiger partial charge in [0.05, 0.1) is 0 Å². The molecular formula is C16H27N3O. The molecule has 0 fully saturated rings. The number of nitrogens with one attached hydrogen (secondary N) is 1. The van der Waals surface area contributed by atoms with Crippen LogP contribution in [0.4, 0.5) is 5.69 Å².